The highest BCUT2D eigenvalue weighted by Crippen LogP contribution is 2.30. The van der Waals surface area contributed by atoms with Gasteiger partial charge < -0.3 is 15.1 Å². The van der Waals surface area contributed by atoms with Crippen molar-refractivity contribution < 1.29 is 4.79 Å². The van der Waals surface area contributed by atoms with Gasteiger partial charge in [0.15, 0.2) is 0 Å². The van der Waals surface area contributed by atoms with E-state index >= 15 is 0 Å². The lowest BCUT2D eigenvalue weighted by Crippen LogP contribution is -2.47. The van der Waals surface area contributed by atoms with Gasteiger partial charge in [0.05, 0.1) is 17.4 Å². The summed E-state index contributed by atoms with van der Waals surface area (Å²) < 4.78 is 0. The molecule has 3 aromatic rings. The summed E-state index contributed by atoms with van der Waals surface area (Å²) in [6.07, 6.45) is 5.48. The van der Waals surface area contributed by atoms with Crippen LogP contribution >= 0.6 is 0 Å². The molecule has 1 aliphatic heterocycles. The molecule has 7 heteroatoms. The van der Waals surface area contributed by atoms with Gasteiger partial charge in [-0.1, -0.05) is 12.1 Å². The Morgan fingerprint density at radius 2 is 1.71 bits per heavy atom. The number of pyridine rings is 1. The van der Waals surface area contributed by atoms with Crippen molar-refractivity contribution in [2.45, 2.75) is 12.8 Å². The van der Waals surface area contributed by atoms with Crippen LogP contribution in [0.1, 0.15) is 12.8 Å². The highest BCUT2D eigenvalue weighted by Gasteiger charge is 2.29. The number of carbonyl (C=O) groups is 1. The maximum atomic E-state index is 11.8. The number of anilines is 3. The number of para-hydroxylation sites is 1. The Balaban J connectivity index is 1.25. The number of aromatic nitrogens is 3. The Labute approximate surface area is 163 Å². The van der Waals surface area contributed by atoms with Gasteiger partial charge in [0.25, 0.3) is 0 Å². The summed E-state index contributed by atoms with van der Waals surface area (Å²) in [6, 6.07) is 12.0. The lowest BCUT2D eigenvalue weighted by Gasteiger charge is -2.36. The Morgan fingerprint density at radius 3 is 2.46 bits per heavy atom. The molecule has 28 heavy (non-hydrogen) atoms. The fourth-order valence-corrected chi connectivity index (χ4v) is 3.64. The Kier molecular flexibility index (Phi) is 4.27. The van der Waals surface area contributed by atoms with E-state index in [1.54, 1.807) is 6.33 Å². The lowest BCUT2D eigenvalue weighted by molar-refractivity contribution is -0.117. The smallest absolute Gasteiger partial charge is 0.228 e. The summed E-state index contributed by atoms with van der Waals surface area (Å²) in [5.41, 5.74) is 2.06. The van der Waals surface area contributed by atoms with Gasteiger partial charge in [0, 0.05) is 37.5 Å². The van der Waals surface area contributed by atoms with Crippen molar-refractivity contribution in [3.05, 3.63) is 48.9 Å². The number of amides is 1. The number of nitrogens with one attached hydrogen (secondary N) is 1. The van der Waals surface area contributed by atoms with Crippen LogP contribution in [0.5, 0.6) is 0 Å². The van der Waals surface area contributed by atoms with Crippen LogP contribution in [0, 0.1) is 5.92 Å². The van der Waals surface area contributed by atoms with Crippen molar-refractivity contribution in [2.75, 3.05) is 41.3 Å². The summed E-state index contributed by atoms with van der Waals surface area (Å²) in [5.74, 6) is 1.91. The largest absolute Gasteiger partial charge is 0.367 e. The molecule has 2 fully saturated rings. The molecule has 3 heterocycles. The summed E-state index contributed by atoms with van der Waals surface area (Å²) >= 11 is 0. The van der Waals surface area contributed by atoms with E-state index in [9.17, 15) is 4.79 Å². The number of hydrogen-bond acceptors (Lipinski definition) is 6. The Morgan fingerprint density at radius 1 is 0.929 bits per heavy atom. The predicted octanol–water partition coefficient (Wildman–Crippen LogP) is 2.70. The first-order chi connectivity index (χ1) is 13.8. The molecule has 142 valence electrons. The third-order valence-electron chi connectivity index (χ3n) is 5.41. The van der Waals surface area contributed by atoms with Gasteiger partial charge in [-0.2, -0.15) is 0 Å². The molecule has 1 aliphatic carbocycles. The molecule has 1 N–H and O–H groups in total. The molecule has 1 saturated heterocycles. The number of piperazine rings is 1. The zero-order valence-electron chi connectivity index (χ0n) is 15.6. The van der Waals surface area contributed by atoms with Crippen molar-refractivity contribution in [3.8, 4) is 0 Å². The third-order valence-corrected chi connectivity index (χ3v) is 5.41. The molecule has 5 rings (SSSR count). The fraction of sp³-hybridized carbons (Fsp3) is 0.333. The number of rotatable bonds is 4. The topological polar surface area (TPSA) is 74.2 Å². The molecular weight excluding hydrogens is 352 g/mol. The number of benzene rings is 1. The van der Waals surface area contributed by atoms with Crippen LogP contribution in [-0.4, -0.2) is 47.0 Å². The molecular formula is C21H22N6O. The number of nitrogens with zero attached hydrogens (tertiary/aromatic N) is 5. The lowest BCUT2D eigenvalue weighted by atomic mass is 10.2. The first-order valence-electron chi connectivity index (χ1n) is 9.74. The van der Waals surface area contributed by atoms with Crippen molar-refractivity contribution >= 4 is 34.1 Å². The predicted molar refractivity (Wildman–Crippen MR) is 110 cm³/mol. The van der Waals surface area contributed by atoms with Gasteiger partial charge in [0.1, 0.15) is 18.0 Å². The van der Waals surface area contributed by atoms with E-state index in [1.165, 1.54) is 0 Å². The quantitative estimate of drug-likeness (QED) is 0.757. The van der Waals surface area contributed by atoms with Crippen molar-refractivity contribution in [1.29, 1.82) is 0 Å². The Bertz CT molecular complexity index is 988. The summed E-state index contributed by atoms with van der Waals surface area (Å²) in [7, 11) is 0. The minimum absolute atomic E-state index is 0.0888. The minimum Gasteiger partial charge on any atom is -0.367 e. The molecule has 1 amide bonds. The molecule has 1 saturated carbocycles. The van der Waals surface area contributed by atoms with Gasteiger partial charge in [-0.15, -0.1) is 0 Å². The highest BCUT2D eigenvalue weighted by molar-refractivity contribution is 5.93. The number of fused-ring (bicyclic) bond motifs is 1. The van der Waals surface area contributed by atoms with E-state index in [4.69, 9.17) is 0 Å². The molecule has 7 nitrogen and oxygen atoms in total. The average Bonchev–Trinajstić information content (AvgIpc) is 3.60. The van der Waals surface area contributed by atoms with Crippen LogP contribution in [-0.2, 0) is 4.79 Å². The molecule has 0 unspecified atom stereocenters. The zero-order valence-corrected chi connectivity index (χ0v) is 15.6. The van der Waals surface area contributed by atoms with E-state index in [0.717, 1.165) is 61.4 Å². The van der Waals surface area contributed by atoms with Crippen LogP contribution < -0.4 is 15.1 Å². The van der Waals surface area contributed by atoms with Crippen LogP contribution in [0.2, 0.25) is 0 Å². The van der Waals surface area contributed by atoms with Gasteiger partial charge >= 0.3 is 0 Å². The summed E-state index contributed by atoms with van der Waals surface area (Å²) in [4.78, 5) is 29.8. The van der Waals surface area contributed by atoms with E-state index in [1.807, 2.05) is 36.5 Å². The normalized spacial score (nSPS) is 17.0. The molecule has 2 aliphatic rings. The maximum Gasteiger partial charge on any atom is 0.228 e. The van der Waals surface area contributed by atoms with Crippen LogP contribution in [0.4, 0.5) is 17.3 Å². The molecule has 0 spiro atoms. The van der Waals surface area contributed by atoms with Crippen LogP contribution in [0.15, 0.2) is 48.9 Å². The molecule has 0 bridgehead atoms. The summed E-state index contributed by atoms with van der Waals surface area (Å²) in [5, 5.41) is 3.98. The van der Waals surface area contributed by atoms with E-state index in [0.29, 0.717) is 5.82 Å². The van der Waals surface area contributed by atoms with E-state index in [-0.39, 0.29) is 11.8 Å². The van der Waals surface area contributed by atoms with E-state index < -0.39 is 0 Å². The molecule has 0 atom stereocenters. The monoisotopic (exact) mass is 374 g/mol. The minimum atomic E-state index is 0.0888. The average molecular weight is 374 g/mol. The fourth-order valence-electron chi connectivity index (χ4n) is 3.64. The second-order valence-electron chi connectivity index (χ2n) is 7.35. The molecule has 2 aromatic heterocycles. The molecule has 0 radical (unpaired) electrons. The van der Waals surface area contributed by atoms with Crippen LogP contribution in [0.25, 0.3) is 10.9 Å². The second kappa shape index (κ2) is 7.07. The van der Waals surface area contributed by atoms with Crippen molar-refractivity contribution in [2.24, 2.45) is 5.92 Å². The summed E-state index contributed by atoms with van der Waals surface area (Å²) in [6.45, 7) is 3.57. The van der Waals surface area contributed by atoms with E-state index in [2.05, 4.69) is 36.1 Å². The maximum absolute atomic E-state index is 11.8. The van der Waals surface area contributed by atoms with Crippen molar-refractivity contribution in [3.63, 3.8) is 0 Å². The SMILES string of the molecule is O=C(Nc1ccc(N2CCN(c3ncnc4ccccc34)CC2)cn1)C1CC1. The van der Waals surface area contributed by atoms with Crippen molar-refractivity contribution in [1.82, 2.24) is 15.0 Å². The molecule has 1 aromatic carbocycles. The standard InChI is InChI=1S/C21H22N6O/c28-21(15-5-6-15)25-19-8-7-16(13-22-19)26-9-11-27(12-10-26)20-17-3-1-2-4-18(17)23-14-24-20/h1-4,7-8,13-15H,5-6,9-12H2,(H,22,25,28). The number of carbonyl (C=O) groups excluding carboxylic acids is 1. The number of hydrogen-bond donors (Lipinski definition) is 1. The van der Waals surface area contributed by atoms with Gasteiger partial charge in [0.2, 0.25) is 5.91 Å². The van der Waals surface area contributed by atoms with Gasteiger partial charge in [-0.3, -0.25) is 4.79 Å². The van der Waals surface area contributed by atoms with Crippen LogP contribution in [0.3, 0.4) is 0 Å². The first kappa shape index (κ1) is 16.9. The third kappa shape index (κ3) is 3.35. The van der Waals surface area contributed by atoms with Gasteiger partial charge in [-0.25, -0.2) is 15.0 Å². The Hall–Kier alpha value is -3.22. The highest BCUT2D eigenvalue weighted by atomic mass is 16.2. The first-order valence-corrected chi connectivity index (χ1v) is 9.74. The second-order valence-corrected chi connectivity index (χ2v) is 7.35. The zero-order chi connectivity index (χ0) is 18.9. The van der Waals surface area contributed by atoms with Gasteiger partial charge in [-0.05, 0) is 37.1 Å².